The molecule has 1 heterocycles. The van der Waals surface area contributed by atoms with E-state index in [-0.39, 0.29) is 11.6 Å². The van der Waals surface area contributed by atoms with Crippen molar-refractivity contribution in [1.29, 1.82) is 0 Å². The molecule has 0 atom stereocenters. The molecule has 0 aliphatic rings. The van der Waals surface area contributed by atoms with Gasteiger partial charge in [-0.05, 0) is 5.92 Å². The van der Waals surface area contributed by atoms with Crippen molar-refractivity contribution in [2.45, 2.75) is 32.6 Å². The molecule has 0 radical (unpaired) electrons. The molecular formula is C9H12F2N2. The molecule has 2 nitrogen and oxygen atoms in total. The molecule has 0 saturated carbocycles. The van der Waals surface area contributed by atoms with Gasteiger partial charge in [-0.2, -0.15) is 8.78 Å². The van der Waals surface area contributed by atoms with E-state index in [1.54, 1.807) is 0 Å². The minimum Gasteiger partial charge on any atom is -0.257 e. The summed E-state index contributed by atoms with van der Waals surface area (Å²) in [6, 6.07) is 0. The van der Waals surface area contributed by atoms with E-state index in [4.69, 9.17) is 0 Å². The number of nitrogens with zero attached hydrogens (tertiary/aromatic N) is 2. The van der Waals surface area contributed by atoms with Crippen LogP contribution < -0.4 is 0 Å². The van der Waals surface area contributed by atoms with Gasteiger partial charge in [0.2, 0.25) is 0 Å². The van der Waals surface area contributed by atoms with Crippen LogP contribution in [0.1, 0.15) is 38.1 Å². The second-order valence-corrected chi connectivity index (χ2v) is 3.37. The van der Waals surface area contributed by atoms with E-state index in [9.17, 15) is 8.78 Å². The number of aromatic nitrogens is 2. The van der Waals surface area contributed by atoms with E-state index in [2.05, 4.69) is 9.97 Å². The quantitative estimate of drug-likeness (QED) is 0.709. The summed E-state index contributed by atoms with van der Waals surface area (Å²) in [6.07, 6.45) is 2.53. The van der Waals surface area contributed by atoms with Gasteiger partial charge in [-0.1, -0.05) is 13.8 Å². The number of hydrogen-bond donors (Lipinski definition) is 0. The van der Waals surface area contributed by atoms with Gasteiger partial charge in [-0.3, -0.25) is 9.97 Å². The second kappa shape index (κ2) is 3.36. The van der Waals surface area contributed by atoms with E-state index in [0.717, 1.165) is 18.8 Å². The molecular weight excluding hydrogens is 174 g/mol. The van der Waals surface area contributed by atoms with Gasteiger partial charge >= 0.3 is 0 Å². The zero-order valence-corrected chi connectivity index (χ0v) is 7.88. The molecule has 0 spiro atoms. The van der Waals surface area contributed by atoms with Gasteiger partial charge in [0.15, 0.2) is 0 Å². The highest BCUT2D eigenvalue weighted by Crippen LogP contribution is 2.24. The first-order valence-electron chi connectivity index (χ1n) is 4.11. The highest BCUT2D eigenvalue weighted by Gasteiger charge is 2.26. The Labute approximate surface area is 76.0 Å². The summed E-state index contributed by atoms with van der Waals surface area (Å²) in [5, 5.41) is 0. The van der Waals surface area contributed by atoms with Crippen LogP contribution in [0.3, 0.4) is 0 Å². The Balaban J connectivity index is 2.94. The predicted octanol–water partition coefficient (Wildman–Crippen LogP) is 2.71. The van der Waals surface area contributed by atoms with Crippen LogP contribution in [-0.4, -0.2) is 9.97 Å². The number of hydrogen-bond acceptors (Lipinski definition) is 2. The van der Waals surface area contributed by atoms with Crippen molar-refractivity contribution in [1.82, 2.24) is 9.97 Å². The fourth-order valence-corrected chi connectivity index (χ4v) is 0.863. The largest absolute Gasteiger partial charge is 0.288 e. The minimum absolute atomic E-state index is 0.215. The lowest BCUT2D eigenvalue weighted by atomic mass is 10.1. The van der Waals surface area contributed by atoms with Gasteiger partial charge in [-0.15, -0.1) is 0 Å². The highest BCUT2D eigenvalue weighted by atomic mass is 19.3. The molecule has 0 aromatic carbocycles. The van der Waals surface area contributed by atoms with Crippen molar-refractivity contribution >= 4 is 0 Å². The topological polar surface area (TPSA) is 25.8 Å². The third-order valence-electron chi connectivity index (χ3n) is 1.71. The zero-order valence-electron chi connectivity index (χ0n) is 7.88. The second-order valence-electron chi connectivity index (χ2n) is 3.37. The summed E-state index contributed by atoms with van der Waals surface area (Å²) in [5.41, 5.74) is 0.449. The van der Waals surface area contributed by atoms with Gasteiger partial charge in [0.1, 0.15) is 5.69 Å². The lowest BCUT2D eigenvalue weighted by molar-refractivity contribution is 0.0123. The molecule has 1 aromatic heterocycles. The van der Waals surface area contributed by atoms with Gasteiger partial charge < -0.3 is 0 Å². The molecule has 0 saturated heterocycles. The molecule has 4 heteroatoms. The van der Waals surface area contributed by atoms with Crippen molar-refractivity contribution in [2.75, 3.05) is 0 Å². The smallest absolute Gasteiger partial charge is 0.257 e. The van der Waals surface area contributed by atoms with Gasteiger partial charge in [0, 0.05) is 13.1 Å². The van der Waals surface area contributed by atoms with Crippen LogP contribution in [0.25, 0.3) is 0 Å². The molecule has 1 aromatic rings. The van der Waals surface area contributed by atoms with Crippen LogP contribution in [0.4, 0.5) is 8.78 Å². The Hall–Kier alpha value is -1.06. The number of alkyl halides is 2. The summed E-state index contributed by atoms with van der Waals surface area (Å²) in [5.74, 6) is -2.69. The van der Waals surface area contributed by atoms with E-state index >= 15 is 0 Å². The fraction of sp³-hybridized carbons (Fsp3) is 0.556. The minimum atomic E-state index is -2.90. The maximum absolute atomic E-state index is 12.7. The Bertz CT molecular complexity index is 275. The van der Waals surface area contributed by atoms with Gasteiger partial charge in [0.05, 0.1) is 11.9 Å². The Morgan fingerprint density at radius 3 is 2.15 bits per heavy atom. The number of rotatable bonds is 2. The van der Waals surface area contributed by atoms with Crippen molar-refractivity contribution in [3.05, 3.63) is 23.8 Å². The first-order chi connectivity index (χ1) is 5.91. The molecule has 0 bridgehead atoms. The Morgan fingerprint density at radius 2 is 1.85 bits per heavy atom. The number of halogens is 2. The SMILES string of the molecule is CC(C)c1cnc(C(C)(F)F)cn1. The van der Waals surface area contributed by atoms with E-state index < -0.39 is 5.92 Å². The summed E-state index contributed by atoms with van der Waals surface area (Å²) >= 11 is 0. The third-order valence-corrected chi connectivity index (χ3v) is 1.71. The lowest BCUT2D eigenvalue weighted by Crippen LogP contribution is -2.11. The monoisotopic (exact) mass is 186 g/mol. The Kier molecular flexibility index (Phi) is 2.59. The average Bonchev–Trinajstić information content (AvgIpc) is 2.03. The van der Waals surface area contributed by atoms with Gasteiger partial charge in [0.25, 0.3) is 5.92 Å². The summed E-state index contributed by atoms with van der Waals surface area (Å²) in [4.78, 5) is 7.56. The summed E-state index contributed by atoms with van der Waals surface area (Å²) in [6.45, 7) is 4.69. The van der Waals surface area contributed by atoms with Crippen LogP contribution in [0.2, 0.25) is 0 Å². The summed E-state index contributed by atoms with van der Waals surface area (Å²) in [7, 11) is 0. The zero-order chi connectivity index (χ0) is 10.1. The molecule has 0 fully saturated rings. The molecule has 0 amide bonds. The van der Waals surface area contributed by atoms with Crippen LogP contribution in [-0.2, 0) is 5.92 Å². The third kappa shape index (κ3) is 2.44. The molecule has 13 heavy (non-hydrogen) atoms. The van der Waals surface area contributed by atoms with Crippen molar-refractivity contribution in [2.24, 2.45) is 0 Å². The van der Waals surface area contributed by atoms with Crippen molar-refractivity contribution in [3.63, 3.8) is 0 Å². The first-order valence-corrected chi connectivity index (χ1v) is 4.11. The molecule has 0 unspecified atom stereocenters. The maximum atomic E-state index is 12.7. The Morgan fingerprint density at radius 1 is 1.23 bits per heavy atom. The molecule has 72 valence electrons. The van der Waals surface area contributed by atoms with Crippen LogP contribution in [0, 0.1) is 0 Å². The normalized spacial score (nSPS) is 12.2. The van der Waals surface area contributed by atoms with E-state index in [1.165, 1.54) is 6.20 Å². The first kappa shape index (κ1) is 10.0. The van der Waals surface area contributed by atoms with E-state index in [0.29, 0.717) is 0 Å². The maximum Gasteiger partial charge on any atom is 0.288 e. The van der Waals surface area contributed by atoms with Crippen molar-refractivity contribution in [3.8, 4) is 0 Å². The fourth-order valence-electron chi connectivity index (χ4n) is 0.863. The lowest BCUT2D eigenvalue weighted by Gasteiger charge is -2.09. The highest BCUT2D eigenvalue weighted by molar-refractivity contribution is 5.08. The summed E-state index contributed by atoms with van der Waals surface area (Å²) < 4.78 is 25.4. The van der Waals surface area contributed by atoms with Crippen LogP contribution >= 0.6 is 0 Å². The molecule has 1 rings (SSSR count). The molecule has 0 N–H and O–H groups in total. The van der Waals surface area contributed by atoms with E-state index in [1.807, 2.05) is 13.8 Å². The van der Waals surface area contributed by atoms with Crippen molar-refractivity contribution < 1.29 is 8.78 Å². The predicted molar refractivity (Wildman–Crippen MR) is 45.7 cm³/mol. The molecule has 0 aliphatic carbocycles. The van der Waals surface area contributed by atoms with Crippen LogP contribution in [0.5, 0.6) is 0 Å². The van der Waals surface area contributed by atoms with Crippen LogP contribution in [0.15, 0.2) is 12.4 Å². The van der Waals surface area contributed by atoms with Gasteiger partial charge in [-0.25, -0.2) is 0 Å². The standard InChI is InChI=1S/C9H12F2N2/c1-6(2)7-4-13-8(5-12-7)9(3,10)11/h4-6H,1-3H3. The average molecular weight is 186 g/mol. The molecule has 0 aliphatic heterocycles.